The highest BCUT2D eigenvalue weighted by molar-refractivity contribution is 6.42. The zero-order chi connectivity index (χ0) is 18.6. The second-order valence-electron chi connectivity index (χ2n) is 6.09. The average Bonchev–Trinajstić information content (AvgIpc) is 2.92. The van der Waals surface area contributed by atoms with Crippen molar-refractivity contribution in [2.75, 3.05) is 5.32 Å². The molecule has 1 atom stereocenters. The Balaban J connectivity index is 1.74. The van der Waals surface area contributed by atoms with E-state index in [-0.39, 0.29) is 16.6 Å². The number of carbonyl (C=O) groups is 1. The molecule has 10 heteroatoms. The van der Waals surface area contributed by atoms with Crippen LogP contribution < -0.4 is 10.9 Å². The number of hydrogen-bond acceptors (Lipinski definition) is 3. The van der Waals surface area contributed by atoms with Crippen LogP contribution in [0.15, 0.2) is 16.9 Å². The fourth-order valence-electron chi connectivity index (χ4n) is 3.44. The predicted molar refractivity (Wildman–Crippen MR) is 91.3 cm³/mol. The summed E-state index contributed by atoms with van der Waals surface area (Å²) >= 11 is 11.3. The third-order valence-electron chi connectivity index (χ3n) is 4.55. The second kappa shape index (κ2) is 6.14. The number of H-pyrrole nitrogens is 1. The molecule has 2 aliphatic rings. The van der Waals surface area contributed by atoms with Gasteiger partial charge in [-0.2, -0.15) is 19.8 Å². The zero-order valence-electron chi connectivity index (χ0n) is 13.1. The van der Waals surface area contributed by atoms with Crippen molar-refractivity contribution in [1.82, 2.24) is 10.2 Å². The number of anilines is 1. The van der Waals surface area contributed by atoms with Gasteiger partial charge in [0, 0.05) is 18.9 Å². The first kappa shape index (κ1) is 17.1. The zero-order valence-corrected chi connectivity index (χ0v) is 14.6. The van der Waals surface area contributed by atoms with Gasteiger partial charge >= 0.3 is 6.03 Å². The van der Waals surface area contributed by atoms with Crippen LogP contribution in [0.3, 0.4) is 0 Å². The van der Waals surface area contributed by atoms with E-state index in [0.29, 0.717) is 30.7 Å². The molecule has 2 aliphatic heterocycles. The molecule has 1 aromatic carbocycles. The number of fused-ring (bicyclic) bond motifs is 3. The van der Waals surface area contributed by atoms with Gasteiger partial charge in [0.15, 0.2) is 11.6 Å². The van der Waals surface area contributed by atoms with Crippen LogP contribution in [0.25, 0.3) is 0 Å². The minimum absolute atomic E-state index is 0.213. The number of nitrogens with one attached hydrogen (secondary N) is 2. The van der Waals surface area contributed by atoms with Gasteiger partial charge in [0.1, 0.15) is 17.4 Å². The van der Waals surface area contributed by atoms with Crippen LogP contribution in [-0.2, 0) is 6.42 Å². The number of benzene rings is 1. The molecule has 3 heterocycles. The summed E-state index contributed by atoms with van der Waals surface area (Å²) in [7, 11) is 0. The molecular formula is C16H11Cl2F2N4O2+. The lowest BCUT2D eigenvalue weighted by Crippen LogP contribution is -2.40. The van der Waals surface area contributed by atoms with Crippen molar-refractivity contribution in [2.24, 2.45) is 0 Å². The molecule has 2 N–H and O–H groups in total. The van der Waals surface area contributed by atoms with Gasteiger partial charge in [-0.05, 0) is 18.1 Å². The van der Waals surface area contributed by atoms with E-state index in [1.165, 1.54) is 10.6 Å². The molecule has 0 aliphatic carbocycles. The number of aromatic amines is 1. The van der Waals surface area contributed by atoms with Crippen LogP contribution in [0.4, 0.5) is 19.3 Å². The summed E-state index contributed by atoms with van der Waals surface area (Å²) in [4.78, 5) is 24.1. The second-order valence-corrected chi connectivity index (χ2v) is 6.88. The number of urea groups is 1. The van der Waals surface area contributed by atoms with E-state index in [0.717, 1.165) is 11.6 Å². The normalized spacial score (nSPS) is 18.1. The molecule has 2 bridgehead atoms. The molecule has 4 rings (SSSR count). The molecule has 0 fully saturated rings. The maximum Gasteiger partial charge on any atom is 0.496 e. The monoisotopic (exact) mass is 399 g/mol. The molecule has 26 heavy (non-hydrogen) atoms. The van der Waals surface area contributed by atoms with Crippen molar-refractivity contribution in [3.63, 3.8) is 0 Å². The van der Waals surface area contributed by atoms with Gasteiger partial charge in [-0.25, -0.2) is 13.9 Å². The number of aromatic nitrogens is 2. The Morgan fingerprint density at radius 2 is 2.12 bits per heavy atom. The lowest BCUT2D eigenvalue weighted by molar-refractivity contribution is -0.460. The Bertz CT molecular complexity index is 1050. The first-order valence-corrected chi connectivity index (χ1v) is 8.50. The molecule has 2 amide bonds. The van der Waals surface area contributed by atoms with Gasteiger partial charge in [-0.3, -0.25) is 4.79 Å². The number of amides is 2. The van der Waals surface area contributed by atoms with Gasteiger partial charge in [0.2, 0.25) is 5.69 Å². The first-order chi connectivity index (χ1) is 12.4. The first-order valence-electron chi connectivity index (χ1n) is 7.75. The molecule has 0 saturated carbocycles. The van der Waals surface area contributed by atoms with E-state index in [2.05, 4.69) is 15.5 Å². The largest absolute Gasteiger partial charge is 0.496 e. The van der Waals surface area contributed by atoms with Crippen molar-refractivity contribution < 1.29 is 18.2 Å². The summed E-state index contributed by atoms with van der Waals surface area (Å²) in [5.74, 6) is -2.16. The van der Waals surface area contributed by atoms with E-state index in [1.807, 2.05) is 0 Å². The number of carbonyl (C=O) groups excluding carboxylic acids is 1. The van der Waals surface area contributed by atoms with Crippen molar-refractivity contribution >= 4 is 40.6 Å². The molecule has 1 aromatic heterocycles. The molecule has 6 nitrogen and oxygen atoms in total. The standard InChI is InChI=1S/C16H10Cl2F2N4O2/c17-8-5-9(19)15(13(20)12(8)18)21-16(26)24-7-1-2-10(24)14-6(3-7)4-11(25)22-23-14/h4-5,7H,1-3H2,(H,21,26)/p+1. The fourth-order valence-corrected chi connectivity index (χ4v) is 3.76. The summed E-state index contributed by atoms with van der Waals surface area (Å²) in [6, 6.07) is 1.38. The fraction of sp³-hybridized carbons (Fsp3) is 0.250. The maximum atomic E-state index is 14.2. The Morgan fingerprint density at radius 1 is 1.35 bits per heavy atom. The number of hydrogen-bond donors (Lipinski definition) is 2. The minimum atomic E-state index is -1.14. The van der Waals surface area contributed by atoms with Gasteiger partial charge in [0.05, 0.1) is 10.0 Å². The van der Waals surface area contributed by atoms with Crippen LogP contribution in [0.5, 0.6) is 0 Å². The quantitative estimate of drug-likeness (QED) is 0.439. The molecule has 1 unspecified atom stereocenters. The van der Waals surface area contributed by atoms with E-state index in [4.69, 9.17) is 23.2 Å². The van der Waals surface area contributed by atoms with Gasteiger partial charge in [-0.15, -0.1) is 0 Å². The summed E-state index contributed by atoms with van der Waals surface area (Å²) in [5.41, 5.74) is 0.892. The van der Waals surface area contributed by atoms with E-state index < -0.39 is 28.4 Å². The summed E-state index contributed by atoms with van der Waals surface area (Å²) in [6.07, 6.45) is 1.67. The van der Waals surface area contributed by atoms with Gasteiger partial charge in [0.25, 0.3) is 5.56 Å². The Labute approximate surface area is 155 Å². The van der Waals surface area contributed by atoms with Crippen LogP contribution in [0.1, 0.15) is 24.1 Å². The average molecular weight is 400 g/mol. The van der Waals surface area contributed by atoms with Crippen molar-refractivity contribution in [3.8, 4) is 0 Å². The lowest BCUT2D eigenvalue weighted by Gasteiger charge is -2.18. The highest BCUT2D eigenvalue weighted by Crippen LogP contribution is 2.33. The summed E-state index contributed by atoms with van der Waals surface area (Å²) in [6.45, 7) is 0. The van der Waals surface area contributed by atoms with Crippen molar-refractivity contribution in [2.45, 2.75) is 25.3 Å². The Morgan fingerprint density at radius 3 is 2.88 bits per heavy atom. The Kier molecular flexibility index (Phi) is 4.04. The molecule has 0 saturated heterocycles. The smallest absolute Gasteiger partial charge is 0.268 e. The van der Waals surface area contributed by atoms with Gasteiger partial charge < -0.3 is 0 Å². The minimum Gasteiger partial charge on any atom is -0.268 e. The molecule has 0 spiro atoms. The van der Waals surface area contributed by atoms with E-state index in [9.17, 15) is 18.4 Å². The number of halogens is 4. The van der Waals surface area contributed by atoms with Crippen LogP contribution in [-0.4, -0.2) is 32.6 Å². The van der Waals surface area contributed by atoms with Crippen LogP contribution in [0.2, 0.25) is 10.0 Å². The molecule has 134 valence electrons. The van der Waals surface area contributed by atoms with E-state index in [1.54, 1.807) is 0 Å². The third kappa shape index (κ3) is 2.60. The molecule has 2 aromatic rings. The van der Waals surface area contributed by atoms with Gasteiger partial charge in [-0.1, -0.05) is 23.2 Å². The highest BCUT2D eigenvalue weighted by atomic mass is 35.5. The summed E-state index contributed by atoms with van der Waals surface area (Å²) < 4.78 is 29.7. The number of rotatable bonds is 1. The molecule has 0 radical (unpaired) electrons. The third-order valence-corrected chi connectivity index (χ3v) is 5.32. The Hall–Kier alpha value is -2.32. The SMILES string of the molecule is O=C(Nc1c(F)cc(Cl)c(Cl)c1F)[N+]1=C2CCC1Cc1cc(=O)[nH]nc12. The summed E-state index contributed by atoms with van der Waals surface area (Å²) in [5, 5.41) is 7.84. The van der Waals surface area contributed by atoms with Crippen LogP contribution in [0, 0.1) is 11.6 Å². The van der Waals surface area contributed by atoms with Crippen molar-refractivity contribution in [1.29, 1.82) is 0 Å². The highest BCUT2D eigenvalue weighted by Gasteiger charge is 2.42. The van der Waals surface area contributed by atoms with E-state index >= 15 is 0 Å². The van der Waals surface area contributed by atoms with Crippen molar-refractivity contribution in [3.05, 3.63) is 55.4 Å². The predicted octanol–water partition coefficient (Wildman–Crippen LogP) is 3.11. The lowest BCUT2D eigenvalue weighted by atomic mass is 10.0. The van der Waals surface area contributed by atoms with Crippen LogP contribution >= 0.6 is 23.2 Å². The number of nitrogens with zero attached hydrogens (tertiary/aromatic N) is 2. The maximum absolute atomic E-state index is 14.2. The molecular weight excluding hydrogens is 389 g/mol. The topological polar surface area (TPSA) is 77.9 Å².